The van der Waals surface area contributed by atoms with Crippen LogP contribution in [0.25, 0.3) is 5.57 Å². The number of allylic oxidation sites excluding steroid dienone is 1. The van der Waals surface area contributed by atoms with E-state index in [0.29, 0.717) is 0 Å². The molecule has 1 aliphatic rings. The Morgan fingerprint density at radius 1 is 1.30 bits per heavy atom. The van der Waals surface area contributed by atoms with Crippen molar-refractivity contribution >= 4 is 21.4 Å². The molecule has 0 radical (unpaired) electrons. The van der Waals surface area contributed by atoms with E-state index in [1.54, 1.807) is 0 Å². The lowest BCUT2D eigenvalue weighted by atomic mass is 10.0. The van der Waals surface area contributed by atoms with E-state index in [-0.39, 0.29) is 29.1 Å². The lowest BCUT2D eigenvalue weighted by Crippen LogP contribution is -2.18. The molecule has 1 fully saturated rings. The third kappa shape index (κ3) is 4.57. The summed E-state index contributed by atoms with van der Waals surface area (Å²) in [6.45, 7) is 1.37. The molecular weight excluding hydrogens is 333 g/mol. The molecule has 0 N–H and O–H groups in total. The number of carbonyl (C=O) groups is 1. The molecule has 0 saturated carbocycles. The lowest BCUT2D eigenvalue weighted by molar-refractivity contribution is -0.142. The maximum absolute atomic E-state index is 12.9. The molecule has 2 rings (SSSR count). The van der Waals surface area contributed by atoms with Crippen LogP contribution in [0.4, 0.5) is 13.2 Å². The Morgan fingerprint density at radius 2 is 1.96 bits per heavy atom. The summed E-state index contributed by atoms with van der Waals surface area (Å²) in [6, 6.07) is 4.90. The molecule has 0 unspecified atom stereocenters. The highest BCUT2D eigenvalue weighted by Crippen LogP contribution is 2.34. The predicted octanol–water partition coefficient (Wildman–Crippen LogP) is 2.84. The summed E-state index contributed by atoms with van der Waals surface area (Å²) in [6.07, 6.45) is -4.11. The molecule has 1 aromatic carbocycles. The molecule has 1 atom stereocenters. The maximum atomic E-state index is 12.9. The van der Waals surface area contributed by atoms with Crippen molar-refractivity contribution < 1.29 is 31.1 Å². The predicted molar refractivity (Wildman–Crippen MR) is 78.2 cm³/mol. The van der Waals surface area contributed by atoms with Gasteiger partial charge in [0.05, 0.1) is 17.1 Å². The van der Waals surface area contributed by atoms with Crippen LogP contribution in [-0.4, -0.2) is 32.0 Å². The molecule has 23 heavy (non-hydrogen) atoms. The number of alkyl halides is 3. The van der Waals surface area contributed by atoms with Crippen molar-refractivity contribution in [2.45, 2.75) is 25.6 Å². The Hall–Kier alpha value is -1.83. The fraction of sp³-hybridized carbons (Fsp3) is 0.400. The van der Waals surface area contributed by atoms with Crippen molar-refractivity contribution in [3.05, 3.63) is 41.5 Å². The summed E-state index contributed by atoms with van der Waals surface area (Å²) < 4.78 is 66.4. The third-order valence-electron chi connectivity index (χ3n) is 3.47. The first kappa shape index (κ1) is 17.5. The first-order valence-corrected chi connectivity index (χ1v) is 8.66. The van der Waals surface area contributed by atoms with Crippen molar-refractivity contribution in [2.24, 2.45) is 0 Å². The van der Waals surface area contributed by atoms with Crippen LogP contribution in [0.3, 0.4) is 0 Å². The highest BCUT2D eigenvalue weighted by Gasteiger charge is 2.33. The third-order valence-corrected chi connectivity index (χ3v) is 5.20. The molecule has 0 aromatic heterocycles. The molecule has 0 bridgehead atoms. The van der Waals surface area contributed by atoms with Crippen LogP contribution >= 0.6 is 0 Å². The van der Waals surface area contributed by atoms with Gasteiger partial charge in [0.25, 0.3) is 0 Å². The van der Waals surface area contributed by atoms with E-state index in [1.807, 2.05) is 0 Å². The molecule has 1 saturated heterocycles. The molecule has 8 heteroatoms. The number of halogens is 3. The second-order valence-electron chi connectivity index (χ2n) is 5.33. The van der Waals surface area contributed by atoms with Gasteiger partial charge in [-0.15, -0.1) is 0 Å². The normalized spacial score (nSPS) is 21.2. The van der Waals surface area contributed by atoms with Crippen LogP contribution in [0.2, 0.25) is 0 Å². The second-order valence-corrected chi connectivity index (χ2v) is 7.56. The van der Waals surface area contributed by atoms with Gasteiger partial charge in [-0.1, -0.05) is 18.2 Å². The van der Waals surface area contributed by atoms with E-state index in [0.717, 1.165) is 12.1 Å². The van der Waals surface area contributed by atoms with Crippen LogP contribution in [0.15, 0.2) is 30.3 Å². The van der Waals surface area contributed by atoms with E-state index >= 15 is 0 Å². The van der Waals surface area contributed by atoms with E-state index in [4.69, 9.17) is 4.74 Å². The first-order valence-electron chi connectivity index (χ1n) is 6.84. The van der Waals surface area contributed by atoms with E-state index < -0.39 is 33.7 Å². The van der Waals surface area contributed by atoms with Crippen molar-refractivity contribution in [2.75, 3.05) is 11.5 Å². The van der Waals surface area contributed by atoms with E-state index in [1.165, 1.54) is 25.1 Å². The van der Waals surface area contributed by atoms with Gasteiger partial charge in [0.15, 0.2) is 9.84 Å². The molecule has 4 nitrogen and oxygen atoms in total. The van der Waals surface area contributed by atoms with Crippen molar-refractivity contribution in [1.29, 1.82) is 0 Å². The van der Waals surface area contributed by atoms with Crippen molar-refractivity contribution in [3.8, 4) is 0 Å². The summed E-state index contributed by atoms with van der Waals surface area (Å²) in [4.78, 5) is 11.8. The minimum absolute atomic E-state index is 0.0510. The highest BCUT2D eigenvalue weighted by atomic mass is 32.2. The second kappa shape index (κ2) is 6.35. The first-order chi connectivity index (χ1) is 10.6. The van der Waals surface area contributed by atoms with Crippen LogP contribution in [-0.2, 0) is 25.5 Å². The average molecular weight is 348 g/mol. The Kier molecular flexibility index (Phi) is 4.84. The van der Waals surface area contributed by atoms with Crippen LogP contribution < -0.4 is 0 Å². The van der Waals surface area contributed by atoms with Crippen LogP contribution in [0.5, 0.6) is 0 Å². The highest BCUT2D eigenvalue weighted by molar-refractivity contribution is 7.91. The lowest BCUT2D eigenvalue weighted by Gasteiger charge is -2.13. The molecular formula is C15H15F3O4S. The van der Waals surface area contributed by atoms with Gasteiger partial charge in [0, 0.05) is 6.08 Å². The number of hydrogen-bond donors (Lipinski definition) is 0. The van der Waals surface area contributed by atoms with Gasteiger partial charge < -0.3 is 4.74 Å². The van der Waals surface area contributed by atoms with E-state index in [2.05, 4.69) is 0 Å². The summed E-state index contributed by atoms with van der Waals surface area (Å²) >= 11 is 0. The Morgan fingerprint density at radius 3 is 2.52 bits per heavy atom. The van der Waals surface area contributed by atoms with Crippen LogP contribution in [0.1, 0.15) is 24.5 Å². The van der Waals surface area contributed by atoms with Gasteiger partial charge in [-0.3, -0.25) is 0 Å². The fourth-order valence-corrected chi connectivity index (χ4v) is 3.97. The summed E-state index contributed by atoms with van der Waals surface area (Å²) in [5.74, 6) is -1.14. The Balaban J connectivity index is 2.16. The number of esters is 1. The summed E-state index contributed by atoms with van der Waals surface area (Å²) in [5.41, 5.74) is -0.857. The summed E-state index contributed by atoms with van der Waals surface area (Å²) in [7, 11) is -3.19. The minimum atomic E-state index is -4.53. The molecule has 1 heterocycles. The average Bonchev–Trinajstić information content (AvgIpc) is 2.76. The van der Waals surface area contributed by atoms with Gasteiger partial charge in [-0.2, -0.15) is 13.2 Å². The fourth-order valence-electron chi connectivity index (χ4n) is 2.38. The minimum Gasteiger partial charge on any atom is -0.458 e. The standard InChI is InChI=1S/C15H15F3O4S/c1-10(12-4-2-3-5-13(12)15(16,17)18)8-14(19)22-11-6-7-23(20,21)9-11/h2-5,8,11H,6-7,9H2,1H3/b10-8-/t11-/m0/s1. The number of sulfone groups is 1. The largest absolute Gasteiger partial charge is 0.458 e. The molecule has 126 valence electrons. The van der Waals surface area contributed by atoms with Crippen LogP contribution in [0, 0.1) is 0 Å². The zero-order valence-corrected chi connectivity index (χ0v) is 13.1. The van der Waals surface area contributed by atoms with Gasteiger partial charge in [-0.25, -0.2) is 13.2 Å². The monoisotopic (exact) mass is 348 g/mol. The molecule has 0 amide bonds. The molecule has 1 aliphatic heterocycles. The van der Waals surface area contributed by atoms with E-state index in [9.17, 15) is 26.4 Å². The topological polar surface area (TPSA) is 60.4 Å². The van der Waals surface area contributed by atoms with Gasteiger partial charge in [-0.05, 0) is 30.5 Å². The summed E-state index contributed by atoms with van der Waals surface area (Å²) in [5, 5.41) is 0. The number of rotatable bonds is 3. The van der Waals surface area contributed by atoms with Gasteiger partial charge >= 0.3 is 12.1 Å². The quantitative estimate of drug-likeness (QED) is 0.623. The molecule has 0 aliphatic carbocycles. The number of hydrogen-bond acceptors (Lipinski definition) is 4. The number of ether oxygens (including phenoxy) is 1. The smallest absolute Gasteiger partial charge is 0.416 e. The zero-order chi connectivity index (χ0) is 17.3. The zero-order valence-electron chi connectivity index (χ0n) is 12.3. The Labute approximate surface area is 131 Å². The van der Waals surface area contributed by atoms with Crippen molar-refractivity contribution in [3.63, 3.8) is 0 Å². The number of benzene rings is 1. The maximum Gasteiger partial charge on any atom is 0.416 e. The number of carbonyl (C=O) groups excluding carboxylic acids is 1. The molecule has 1 aromatic rings. The van der Waals surface area contributed by atoms with Gasteiger partial charge in [0.2, 0.25) is 0 Å². The Bertz CT molecular complexity index is 735. The van der Waals surface area contributed by atoms with Crippen molar-refractivity contribution in [1.82, 2.24) is 0 Å². The SMILES string of the molecule is C/C(=C/C(=O)O[C@H]1CCS(=O)(=O)C1)c1ccccc1C(F)(F)F. The molecule has 0 spiro atoms. The van der Waals surface area contributed by atoms with Gasteiger partial charge in [0.1, 0.15) is 6.10 Å².